The van der Waals surface area contributed by atoms with E-state index in [-0.39, 0.29) is 0 Å². The van der Waals surface area contributed by atoms with E-state index in [1.54, 1.807) is 11.3 Å². The van der Waals surface area contributed by atoms with Gasteiger partial charge in [0.2, 0.25) is 0 Å². The molecule has 2 N–H and O–H groups in total. The number of benzene rings is 1. The second-order valence-electron chi connectivity index (χ2n) is 4.69. The molecule has 0 unspecified atom stereocenters. The Morgan fingerprint density at radius 2 is 1.94 bits per heavy atom. The summed E-state index contributed by atoms with van der Waals surface area (Å²) in [6.07, 6.45) is 4.00. The van der Waals surface area contributed by atoms with Crippen molar-refractivity contribution in [1.82, 2.24) is 4.98 Å². The van der Waals surface area contributed by atoms with Crippen molar-refractivity contribution in [3.05, 3.63) is 40.0 Å². The molecule has 0 fully saturated rings. The quantitative estimate of drug-likeness (QED) is 0.911. The molecule has 1 heterocycles. The number of hydrogen-bond acceptors (Lipinski definition) is 3. The minimum Gasteiger partial charge on any atom is -0.330 e. The predicted molar refractivity (Wildman–Crippen MR) is 79.1 cm³/mol. The van der Waals surface area contributed by atoms with E-state index in [4.69, 9.17) is 5.73 Å². The monoisotopic (exact) mass is 260 g/mol. The molecule has 96 valence electrons. The highest BCUT2D eigenvalue weighted by atomic mass is 32.1. The lowest BCUT2D eigenvalue weighted by Crippen LogP contribution is -1.99. The molecule has 0 saturated carbocycles. The van der Waals surface area contributed by atoms with E-state index < -0.39 is 0 Å². The first-order valence-corrected chi connectivity index (χ1v) is 7.17. The van der Waals surface area contributed by atoms with Crippen LogP contribution in [-0.2, 0) is 6.42 Å². The molecule has 0 amide bonds. The second kappa shape index (κ2) is 5.63. The highest BCUT2D eigenvalue weighted by molar-refractivity contribution is 7.15. The molecule has 0 radical (unpaired) electrons. The van der Waals surface area contributed by atoms with Crippen LogP contribution in [0.4, 0.5) is 0 Å². The van der Waals surface area contributed by atoms with Gasteiger partial charge in [0.15, 0.2) is 0 Å². The Morgan fingerprint density at radius 1 is 1.17 bits per heavy atom. The maximum Gasteiger partial charge on any atom is 0.0931 e. The van der Waals surface area contributed by atoms with Gasteiger partial charge in [-0.2, -0.15) is 0 Å². The van der Waals surface area contributed by atoms with Crippen molar-refractivity contribution in [2.75, 3.05) is 6.54 Å². The van der Waals surface area contributed by atoms with E-state index in [2.05, 4.69) is 37.9 Å². The fourth-order valence-electron chi connectivity index (χ4n) is 2.03. The minimum absolute atomic E-state index is 0.734. The van der Waals surface area contributed by atoms with Crippen molar-refractivity contribution in [2.24, 2.45) is 5.73 Å². The van der Waals surface area contributed by atoms with Gasteiger partial charge in [-0.3, -0.25) is 0 Å². The summed E-state index contributed by atoms with van der Waals surface area (Å²) in [7, 11) is 0. The smallest absolute Gasteiger partial charge is 0.0931 e. The number of thiazole rings is 1. The molecule has 0 aliphatic rings. The van der Waals surface area contributed by atoms with Crippen molar-refractivity contribution >= 4 is 11.3 Å². The Morgan fingerprint density at radius 3 is 2.67 bits per heavy atom. The third kappa shape index (κ3) is 2.62. The van der Waals surface area contributed by atoms with Gasteiger partial charge >= 0.3 is 0 Å². The number of nitrogens with zero attached hydrogens (tertiary/aromatic N) is 1. The number of aromatic nitrogens is 1. The normalized spacial score (nSPS) is 10.9. The topological polar surface area (TPSA) is 38.9 Å². The van der Waals surface area contributed by atoms with Crippen LogP contribution >= 0.6 is 11.3 Å². The van der Waals surface area contributed by atoms with Gasteiger partial charge in [-0.1, -0.05) is 12.1 Å². The van der Waals surface area contributed by atoms with E-state index in [0.29, 0.717) is 0 Å². The molecule has 1 aromatic heterocycles. The third-order valence-corrected chi connectivity index (χ3v) is 4.56. The van der Waals surface area contributed by atoms with Crippen molar-refractivity contribution < 1.29 is 0 Å². The number of aryl methyl sites for hydroxylation is 2. The summed E-state index contributed by atoms with van der Waals surface area (Å²) in [6, 6.07) is 4.40. The lowest BCUT2D eigenvalue weighted by Gasteiger charge is -2.09. The summed E-state index contributed by atoms with van der Waals surface area (Å²) in [6.45, 7) is 7.27. The van der Waals surface area contributed by atoms with Crippen LogP contribution in [0, 0.1) is 20.8 Å². The van der Waals surface area contributed by atoms with Gasteiger partial charge in [-0.15, -0.1) is 11.3 Å². The molecule has 1 aromatic carbocycles. The second-order valence-corrected chi connectivity index (χ2v) is 5.81. The molecule has 0 spiro atoms. The van der Waals surface area contributed by atoms with Crippen LogP contribution in [0.3, 0.4) is 0 Å². The number of rotatable bonds is 4. The molecule has 0 bridgehead atoms. The molecule has 3 heteroatoms. The Bertz CT molecular complexity index is 543. The fraction of sp³-hybridized carbons (Fsp3) is 0.400. The summed E-state index contributed by atoms with van der Waals surface area (Å²) in [5.41, 5.74) is 10.9. The summed E-state index contributed by atoms with van der Waals surface area (Å²) < 4.78 is 0. The standard InChI is InChI=1S/C15H20N2S/c1-10-6-7-13(12(3)11(10)2)14-9-17-15(18-14)5-4-8-16/h6-7,9H,4-5,8,16H2,1-3H3. The number of hydrogen-bond donors (Lipinski definition) is 1. The van der Waals surface area contributed by atoms with Gasteiger partial charge in [0.25, 0.3) is 0 Å². The van der Waals surface area contributed by atoms with Gasteiger partial charge in [-0.25, -0.2) is 4.98 Å². The summed E-state index contributed by atoms with van der Waals surface area (Å²) in [5.74, 6) is 0. The molecule has 2 aromatic rings. The maximum absolute atomic E-state index is 5.53. The van der Waals surface area contributed by atoms with E-state index in [9.17, 15) is 0 Å². The van der Waals surface area contributed by atoms with Gasteiger partial charge < -0.3 is 5.73 Å². The first-order valence-electron chi connectivity index (χ1n) is 6.35. The van der Waals surface area contributed by atoms with Gasteiger partial charge in [0.05, 0.1) is 9.88 Å². The van der Waals surface area contributed by atoms with Crippen molar-refractivity contribution in [3.8, 4) is 10.4 Å². The van der Waals surface area contributed by atoms with Crippen LogP contribution < -0.4 is 5.73 Å². The molecule has 2 nitrogen and oxygen atoms in total. The molecular weight excluding hydrogens is 240 g/mol. The zero-order valence-electron chi connectivity index (χ0n) is 11.3. The summed E-state index contributed by atoms with van der Waals surface area (Å²) in [5, 5.41) is 1.19. The third-order valence-electron chi connectivity index (χ3n) is 3.47. The lowest BCUT2D eigenvalue weighted by atomic mass is 9.98. The Labute approximate surface area is 113 Å². The van der Waals surface area contributed by atoms with Crippen LogP contribution in [0.2, 0.25) is 0 Å². The average molecular weight is 260 g/mol. The SMILES string of the molecule is Cc1ccc(-c2cnc(CCCN)s2)c(C)c1C. The van der Waals surface area contributed by atoms with Crippen LogP contribution in [0.25, 0.3) is 10.4 Å². The molecule has 2 rings (SSSR count). The van der Waals surface area contributed by atoms with E-state index in [0.717, 1.165) is 19.4 Å². The van der Waals surface area contributed by atoms with Crippen molar-refractivity contribution in [2.45, 2.75) is 33.6 Å². The first-order chi connectivity index (χ1) is 8.63. The van der Waals surface area contributed by atoms with Crippen LogP contribution in [0.5, 0.6) is 0 Å². The molecule has 0 atom stereocenters. The van der Waals surface area contributed by atoms with E-state index in [1.165, 1.54) is 32.1 Å². The average Bonchev–Trinajstić information content (AvgIpc) is 2.82. The largest absolute Gasteiger partial charge is 0.330 e. The molecular formula is C15H20N2S. The van der Waals surface area contributed by atoms with Crippen molar-refractivity contribution in [1.29, 1.82) is 0 Å². The molecule has 0 aliphatic heterocycles. The van der Waals surface area contributed by atoms with Crippen molar-refractivity contribution in [3.63, 3.8) is 0 Å². The number of nitrogens with two attached hydrogens (primary N) is 1. The Balaban J connectivity index is 2.31. The fourth-order valence-corrected chi connectivity index (χ4v) is 3.07. The summed E-state index contributed by atoms with van der Waals surface area (Å²) >= 11 is 1.79. The zero-order chi connectivity index (χ0) is 13.1. The Kier molecular flexibility index (Phi) is 4.15. The summed E-state index contributed by atoms with van der Waals surface area (Å²) in [4.78, 5) is 5.75. The zero-order valence-corrected chi connectivity index (χ0v) is 12.1. The van der Waals surface area contributed by atoms with Gasteiger partial charge in [0.1, 0.15) is 0 Å². The van der Waals surface area contributed by atoms with Crippen LogP contribution in [0.15, 0.2) is 18.3 Å². The Hall–Kier alpha value is -1.19. The van der Waals surface area contributed by atoms with E-state index >= 15 is 0 Å². The predicted octanol–water partition coefficient (Wildman–Crippen LogP) is 3.63. The van der Waals surface area contributed by atoms with Gasteiger partial charge in [0, 0.05) is 12.6 Å². The lowest BCUT2D eigenvalue weighted by molar-refractivity contribution is 0.826. The molecule has 18 heavy (non-hydrogen) atoms. The first kappa shape index (κ1) is 13.2. The maximum atomic E-state index is 5.53. The minimum atomic E-state index is 0.734. The van der Waals surface area contributed by atoms with Crippen LogP contribution in [-0.4, -0.2) is 11.5 Å². The van der Waals surface area contributed by atoms with Crippen LogP contribution in [0.1, 0.15) is 28.1 Å². The van der Waals surface area contributed by atoms with Gasteiger partial charge in [-0.05, 0) is 56.0 Å². The van der Waals surface area contributed by atoms with E-state index in [1.807, 2.05) is 6.20 Å². The molecule has 0 aliphatic carbocycles. The highest BCUT2D eigenvalue weighted by Gasteiger charge is 2.09. The highest BCUT2D eigenvalue weighted by Crippen LogP contribution is 2.31. The molecule has 0 saturated heterocycles.